The van der Waals surface area contributed by atoms with Crippen molar-refractivity contribution in [2.24, 2.45) is 0 Å². The molecule has 3 N–H and O–H groups in total. The summed E-state index contributed by atoms with van der Waals surface area (Å²) in [5.74, 6) is -2.18. The highest BCUT2D eigenvalue weighted by molar-refractivity contribution is 6.50. The largest absolute Gasteiger partial charge is 0.507 e. The van der Waals surface area contributed by atoms with E-state index < -0.39 is 23.1 Å². The maximum atomic E-state index is 12.9. The molecule has 0 amide bonds. The molecular formula is C20H12ClNO4. The van der Waals surface area contributed by atoms with Crippen molar-refractivity contribution in [1.82, 2.24) is 0 Å². The van der Waals surface area contributed by atoms with Crippen molar-refractivity contribution in [3.8, 4) is 11.5 Å². The summed E-state index contributed by atoms with van der Waals surface area (Å²) in [5.41, 5.74) is -0.0903. The Hall–Kier alpha value is -3.31. The minimum atomic E-state index is -0.725. The lowest BCUT2D eigenvalue weighted by molar-refractivity contribution is 0.0977. The van der Waals surface area contributed by atoms with Crippen LogP contribution in [-0.4, -0.2) is 21.8 Å². The summed E-state index contributed by atoms with van der Waals surface area (Å²) in [7, 11) is 0. The van der Waals surface area contributed by atoms with Gasteiger partial charge < -0.3 is 15.5 Å². The Morgan fingerprint density at radius 3 is 2.12 bits per heavy atom. The van der Waals surface area contributed by atoms with Gasteiger partial charge in [0.25, 0.3) is 0 Å². The molecule has 0 saturated carbocycles. The number of phenolic OH excluding ortho intramolecular Hbond substituents is 2. The zero-order valence-electron chi connectivity index (χ0n) is 13.3. The number of carbonyl (C=O) groups is 2. The lowest BCUT2D eigenvalue weighted by atomic mass is 9.90. The summed E-state index contributed by atoms with van der Waals surface area (Å²) in [4.78, 5) is 25.4. The van der Waals surface area contributed by atoms with E-state index in [1.165, 1.54) is 0 Å². The second-order valence-electron chi connectivity index (χ2n) is 5.85. The molecule has 0 heterocycles. The molecule has 4 rings (SSSR count). The molecule has 6 heteroatoms. The van der Waals surface area contributed by atoms with Gasteiger partial charge in [-0.1, -0.05) is 48.0 Å². The van der Waals surface area contributed by atoms with Crippen LogP contribution in [0.5, 0.6) is 11.5 Å². The summed E-state index contributed by atoms with van der Waals surface area (Å²) in [6.45, 7) is 0. The van der Waals surface area contributed by atoms with Gasteiger partial charge in [-0.05, 0) is 23.6 Å². The zero-order valence-corrected chi connectivity index (χ0v) is 14.0. The Balaban J connectivity index is 1.87. The molecule has 1 aliphatic rings. The molecule has 0 radical (unpaired) electrons. The SMILES string of the molecule is O=C1C(Cl)=C(Nc2cccc3ccccc23)C(=O)c2c(O)ccc(O)c21. The molecule has 0 aromatic heterocycles. The third-order valence-electron chi connectivity index (χ3n) is 4.31. The lowest BCUT2D eigenvalue weighted by Crippen LogP contribution is -2.24. The maximum Gasteiger partial charge on any atom is 0.215 e. The van der Waals surface area contributed by atoms with E-state index in [1.54, 1.807) is 6.07 Å². The number of fused-ring (bicyclic) bond motifs is 2. The zero-order chi connectivity index (χ0) is 18.4. The third-order valence-corrected chi connectivity index (χ3v) is 4.67. The van der Waals surface area contributed by atoms with Crippen LogP contribution in [0.15, 0.2) is 65.3 Å². The molecule has 26 heavy (non-hydrogen) atoms. The predicted octanol–water partition coefficient (Wildman–Crippen LogP) is 4.19. The van der Waals surface area contributed by atoms with Crippen LogP contribution in [0.2, 0.25) is 0 Å². The number of anilines is 1. The molecule has 0 saturated heterocycles. The normalized spacial score (nSPS) is 13.9. The highest BCUT2D eigenvalue weighted by Gasteiger charge is 2.36. The van der Waals surface area contributed by atoms with Gasteiger partial charge in [0, 0.05) is 11.1 Å². The minimum absolute atomic E-state index is 0.138. The number of phenols is 2. The van der Waals surface area contributed by atoms with Gasteiger partial charge in [-0.25, -0.2) is 0 Å². The number of rotatable bonds is 2. The van der Waals surface area contributed by atoms with Gasteiger partial charge in [0.1, 0.15) is 22.2 Å². The van der Waals surface area contributed by atoms with Crippen LogP contribution in [0.4, 0.5) is 5.69 Å². The summed E-state index contributed by atoms with van der Waals surface area (Å²) in [6, 6.07) is 15.3. The highest BCUT2D eigenvalue weighted by Crippen LogP contribution is 2.39. The van der Waals surface area contributed by atoms with Gasteiger partial charge in [-0.3, -0.25) is 9.59 Å². The fourth-order valence-electron chi connectivity index (χ4n) is 3.07. The molecular weight excluding hydrogens is 354 g/mol. The van der Waals surface area contributed by atoms with E-state index in [4.69, 9.17) is 11.6 Å². The van der Waals surface area contributed by atoms with Gasteiger partial charge >= 0.3 is 0 Å². The first-order chi connectivity index (χ1) is 12.5. The highest BCUT2D eigenvalue weighted by atomic mass is 35.5. The van der Waals surface area contributed by atoms with Crippen molar-refractivity contribution in [2.75, 3.05) is 5.32 Å². The molecule has 3 aromatic carbocycles. The number of halogens is 1. The Labute approximate surface area is 153 Å². The number of hydrogen-bond donors (Lipinski definition) is 3. The van der Waals surface area contributed by atoms with Crippen LogP contribution in [-0.2, 0) is 0 Å². The number of Topliss-reactive ketones (excluding diaryl/α,β-unsaturated/α-hetero) is 2. The van der Waals surface area contributed by atoms with Gasteiger partial charge in [0.2, 0.25) is 11.6 Å². The number of ketones is 2. The van der Waals surface area contributed by atoms with Gasteiger partial charge in [0.15, 0.2) is 0 Å². The average Bonchev–Trinajstić information content (AvgIpc) is 2.65. The molecule has 128 valence electrons. The summed E-state index contributed by atoms with van der Waals surface area (Å²) >= 11 is 6.14. The number of allylic oxidation sites excluding steroid dienone is 2. The fraction of sp³-hybridized carbons (Fsp3) is 0. The number of benzene rings is 3. The average molecular weight is 366 g/mol. The van der Waals surface area contributed by atoms with Crippen molar-refractivity contribution in [2.45, 2.75) is 0 Å². The Morgan fingerprint density at radius 2 is 1.38 bits per heavy atom. The topological polar surface area (TPSA) is 86.6 Å². The van der Waals surface area contributed by atoms with E-state index in [9.17, 15) is 19.8 Å². The van der Waals surface area contributed by atoms with Crippen LogP contribution in [0.25, 0.3) is 10.8 Å². The smallest absolute Gasteiger partial charge is 0.215 e. The number of aromatic hydroxyl groups is 2. The molecule has 0 bridgehead atoms. The van der Waals surface area contributed by atoms with Crippen LogP contribution in [0.3, 0.4) is 0 Å². The second-order valence-corrected chi connectivity index (χ2v) is 6.23. The molecule has 5 nitrogen and oxygen atoms in total. The lowest BCUT2D eigenvalue weighted by Gasteiger charge is -2.21. The van der Waals surface area contributed by atoms with E-state index in [2.05, 4.69) is 5.32 Å². The van der Waals surface area contributed by atoms with Crippen LogP contribution >= 0.6 is 11.6 Å². The van der Waals surface area contributed by atoms with E-state index in [-0.39, 0.29) is 21.9 Å². The van der Waals surface area contributed by atoms with Crippen molar-refractivity contribution in [3.63, 3.8) is 0 Å². The fourth-order valence-corrected chi connectivity index (χ4v) is 3.30. The summed E-state index contributed by atoms with van der Waals surface area (Å²) < 4.78 is 0. The van der Waals surface area contributed by atoms with Crippen LogP contribution < -0.4 is 5.32 Å². The molecule has 0 aliphatic heterocycles. The predicted molar refractivity (Wildman–Crippen MR) is 98.9 cm³/mol. The quantitative estimate of drug-likeness (QED) is 0.593. The second kappa shape index (κ2) is 5.89. The first kappa shape index (κ1) is 16.2. The standard InChI is InChI=1S/C20H12ClNO4/c21-17-18(22-12-7-3-5-10-4-1-2-6-11(10)12)20(26)16-14(24)9-8-13(23)15(16)19(17)25/h1-9,22-24H. The molecule has 0 fully saturated rings. The molecule has 1 aliphatic carbocycles. The number of nitrogens with one attached hydrogen (secondary N) is 1. The van der Waals surface area contributed by atoms with Gasteiger partial charge in [0.05, 0.1) is 11.1 Å². The number of hydrogen-bond acceptors (Lipinski definition) is 5. The number of carbonyl (C=O) groups excluding carboxylic acids is 2. The third kappa shape index (κ3) is 2.33. The van der Waals surface area contributed by atoms with Crippen molar-refractivity contribution in [1.29, 1.82) is 0 Å². The van der Waals surface area contributed by atoms with E-state index in [1.807, 2.05) is 36.4 Å². The van der Waals surface area contributed by atoms with Gasteiger partial charge in [-0.2, -0.15) is 0 Å². The van der Waals surface area contributed by atoms with Crippen molar-refractivity contribution < 1.29 is 19.8 Å². The Morgan fingerprint density at radius 1 is 0.769 bits per heavy atom. The molecule has 0 atom stereocenters. The van der Waals surface area contributed by atoms with Crippen molar-refractivity contribution in [3.05, 3.63) is 76.5 Å². The molecule has 0 unspecified atom stereocenters. The van der Waals surface area contributed by atoms with E-state index in [0.29, 0.717) is 5.69 Å². The summed E-state index contributed by atoms with van der Waals surface area (Å²) in [6.07, 6.45) is 0. The Bertz CT molecular complexity index is 1130. The Kier molecular flexibility index (Phi) is 3.67. The minimum Gasteiger partial charge on any atom is -0.507 e. The maximum absolute atomic E-state index is 12.9. The first-order valence-electron chi connectivity index (χ1n) is 7.78. The van der Waals surface area contributed by atoms with Gasteiger partial charge in [-0.15, -0.1) is 0 Å². The molecule has 3 aromatic rings. The van der Waals surface area contributed by atoms with E-state index >= 15 is 0 Å². The summed E-state index contributed by atoms with van der Waals surface area (Å²) in [5, 5.41) is 24.3. The van der Waals surface area contributed by atoms with E-state index in [0.717, 1.165) is 22.9 Å². The monoisotopic (exact) mass is 365 g/mol. The van der Waals surface area contributed by atoms with Crippen LogP contribution in [0.1, 0.15) is 20.7 Å². The molecule has 0 spiro atoms. The first-order valence-corrected chi connectivity index (χ1v) is 8.15. The van der Waals surface area contributed by atoms with Crippen LogP contribution in [0, 0.1) is 0 Å². The van der Waals surface area contributed by atoms with Crippen molar-refractivity contribution >= 4 is 39.6 Å².